The molecule has 0 spiro atoms. The van der Waals surface area contributed by atoms with Gasteiger partial charge in [-0.1, -0.05) is 5.57 Å². The van der Waals surface area contributed by atoms with Crippen molar-refractivity contribution in [3.8, 4) is 0 Å². The molecule has 1 aliphatic rings. The molecule has 17 heavy (non-hydrogen) atoms. The van der Waals surface area contributed by atoms with Crippen molar-refractivity contribution >= 4 is 17.2 Å². The van der Waals surface area contributed by atoms with Gasteiger partial charge in [0.1, 0.15) is 0 Å². The third-order valence-corrected chi connectivity index (χ3v) is 2.61. The monoisotopic (exact) mass is 233 g/mol. The molecule has 0 unspecified atom stereocenters. The van der Waals surface area contributed by atoms with E-state index in [1.807, 2.05) is 0 Å². The van der Waals surface area contributed by atoms with Gasteiger partial charge in [0, 0.05) is 12.1 Å². The summed E-state index contributed by atoms with van der Waals surface area (Å²) in [6, 6.07) is 5.94. The van der Waals surface area contributed by atoms with Crippen molar-refractivity contribution in [2.75, 3.05) is 7.11 Å². The van der Waals surface area contributed by atoms with Crippen LogP contribution in [0.3, 0.4) is 0 Å². The Morgan fingerprint density at radius 2 is 1.88 bits per heavy atom. The molecule has 1 aromatic carbocycles. The van der Waals surface area contributed by atoms with Crippen LogP contribution in [0.2, 0.25) is 0 Å². The van der Waals surface area contributed by atoms with E-state index < -0.39 is 4.92 Å². The number of benzene rings is 1. The highest BCUT2D eigenvalue weighted by atomic mass is 16.6. The van der Waals surface area contributed by atoms with Crippen LogP contribution in [0.4, 0.5) is 5.69 Å². The van der Waals surface area contributed by atoms with Crippen molar-refractivity contribution in [1.29, 1.82) is 0 Å². The molecule has 0 N–H and O–H groups in total. The maximum Gasteiger partial charge on any atom is 0.338 e. The number of ether oxygens (including phenoxy) is 1. The Bertz CT molecular complexity index is 496. The van der Waals surface area contributed by atoms with Gasteiger partial charge < -0.3 is 4.74 Å². The Morgan fingerprint density at radius 3 is 2.29 bits per heavy atom. The molecule has 5 nitrogen and oxygen atoms in total. The quantitative estimate of drug-likeness (QED) is 0.347. The molecule has 2 rings (SSSR count). The van der Waals surface area contributed by atoms with Crippen molar-refractivity contribution in [3.05, 3.63) is 45.5 Å². The number of rotatable bonds is 3. The number of esters is 1. The molecule has 0 atom stereocenters. The van der Waals surface area contributed by atoms with Gasteiger partial charge >= 0.3 is 5.97 Å². The first-order valence-electron chi connectivity index (χ1n) is 5.18. The largest absolute Gasteiger partial charge is 0.465 e. The molecule has 1 fully saturated rings. The summed E-state index contributed by atoms with van der Waals surface area (Å²) < 4.78 is 4.72. The number of methoxy groups -OCH3 is 1. The minimum Gasteiger partial charge on any atom is -0.465 e. The molecule has 5 heteroatoms. The van der Waals surface area contributed by atoms with E-state index in [0.717, 1.165) is 18.4 Å². The van der Waals surface area contributed by atoms with Crippen molar-refractivity contribution in [3.63, 3.8) is 0 Å². The van der Waals surface area contributed by atoms with Crippen LogP contribution < -0.4 is 0 Å². The lowest BCUT2D eigenvalue weighted by Crippen LogP contribution is -2.04. The molecule has 0 aromatic heterocycles. The maximum atomic E-state index is 11.6. The number of non-ortho nitro benzene ring substituents is 1. The van der Waals surface area contributed by atoms with Crippen LogP contribution in [0.25, 0.3) is 5.57 Å². The number of carbonyl (C=O) groups excluding carboxylic acids is 1. The van der Waals surface area contributed by atoms with Crippen LogP contribution in [-0.2, 0) is 9.53 Å². The average Bonchev–Trinajstić information content (AvgIpc) is 3.14. The van der Waals surface area contributed by atoms with Gasteiger partial charge in [-0.15, -0.1) is 0 Å². The fourth-order valence-electron chi connectivity index (χ4n) is 1.63. The molecule has 0 radical (unpaired) electrons. The van der Waals surface area contributed by atoms with E-state index in [4.69, 9.17) is 4.74 Å². The predicted molar refractivity (Wildman–Crippen MR) is 61.3 cm³/mol. The molecule has 1 saturated carbocycles. The number of hydrogen-bond acceptors (Lipinski definition) is 4. The minimum absolute atomic E-state index is 0.0127. The summed E-state index contributed by atoms with van der Waals surface area (Å²) in [6.07, 6.45) is 1.78. The fourth-order valence-corrected chi connectivity index (χ4v) is 1.63. The van der Waals surface area contributed by atoms with E-state index in [0.29, 0.717) is 11.1 Å². The SMILES string of the molecule is COC(=O)C(=C1CC1)c1ccc([N+](=O)[O-])cc1. The Kier molecular flexibility index (Phi) is 2.91. The van der Waals surface area contributed by atoms with Crippen LogP contribution in [0, 0.1) is 10.1 Å². The summed E-state index contributed by atoms with van der Waals surface area (Å²) in [5.74, 6) is -0.383. The first-order valence-corrected chi connectivity index (χ1v) is 5.18. The number of nitrogens with zero attached hydrogens (tertiary/aromatic N) is 1. The first-order chi connectivity index (χ1) is 8.13. The number of allylic oxidation sites excluding steroid dienone is 1. The molecule has 0 amide bonds. The minimum atomic E-state index is -0.466. The third kappa shape index (κ3) is 2.33. The van der Waals surface area contributed by atoms with Crippen LogP contribution >= 0.6 is 0 Å². The third-order valence-electron chi connectivity index (χ3n) is 2.61. The molecule has 0 heterocycles. The van der Waals surface area contributed by atoms with Gasteiger partial charge in [-0.05, 0) is 30.5 Å². The number of hydrogen-bond donors (Lipinski definition) is 0. The van der Waals surface area contributed by atoms with Gasteiger partial charge in [-0.3, -0.25) is 10.1 Å². The highest BCUT2D eigenvalue weighted by Crippen LogP contribution is 2.37. The highest BCUT2D eigenvalue weighted by Gasteiger charge is 2.25. The lowest BCUT2D eigenvalue weighted by atomic mass is 10.0. The zero-order valence-corrected chi connectivity index (χ0v) is 9.30. The fraction of sp³-hybridized carbons (Fsp3) is 0.250. The highest BCUT2D eigenvalue weighted by molar-refractivity contribution is 6.18. The van der Waals surface area contributed by atoms with E-state index in [1.54, 1.807) is 12.1 Å². The summed E-state index contributed by atoms with van der Waals surface area (Å²) in [5, 5.41) is 10.5. The normalized spacial score (nSPS) is 13.1. The van der Waals surface area contributed by atoms with Gasteiger partial charge in [0.05, 0.1) is 17.6 Å². The van der Waals surface area contributed by atoms with Gasteiger partial charge in [0.15, 0.2) is 0 Å². The lowest BCUT2D eigenvalue weighted by Gasteiger charge is -2.04. The molecular formula is C12H11NO4. The second-order valence-corrected chi connectivity index (χ2v) is 3.77. The second-order valence-electron chi connectivity index (χ2n) is 3.77. The van der Waals surface area contributed by atoms with E-state index in [1.165, 1.54) is 19.2 Å². The molecule has 1 aromatic rings. The summed E-state index contributed by atoms with van der Waals surface area (Å²) in [4.78, 5) is 21.7. The Balaban J connectivity index is 2.36. The summed E-state index contributed by atoms with van der Waals surface area (Å²) in [7, 11) is 1.33. The van der Waals surface area contributed by atoms with Crippen LogP contribution in [0.1, 0.15) is 18.4 Å². The van der Waals surface area contributed by atoms with Crippen molar-refractivity contribution in [2.45, 2.75) is 12.8 Å². The lowest BCUT2D eigenvalue weighted by molar-refractivity contribution is -0.384. The predicted octanol–water partition coefficient (Wildman–Crippen LogP) is 2.32. The van der Waals surface area contributed by atoms with Crippen molar-refractivity contribution in [2.24, 2.45) is 0 Å². The first kappa shape index (κ1) is 11.3. The average molecular weight is 233 g/mol. The van der Waals surface area contributed by atoms with Crippen molar-refractivity contribution in [1.82, 2.24) is 0 Å². The second kappa shape index (κ2) is 4.37. The van der Waals surface area contributed by atoms with Crippen LogP contribution in [0.5, 0.6) is 0 Å². The van der Waals surface area contributed by atoms with E-state index in [9.17, 15) is 14.9 Å². The smallest absolute Gasteiger partial charge is 0.338 e. The van der Waals surface area contributed by atoms with Crippen LogP contribution in [0.15, 0.2) is 29.8 Å². The van der Waals surface area contributed by atoms with Gasteiger partial charge in [-0.2, -0.15) is 0 Å². The van der Waals surface area contributed by atoms with E-state index in [2.05, 4.69) is 0 Å². The molecule has 0 aliphatic heterocycles. The summed E-state index contributed by atoms with van der Waals surface area (Å²) in [6.45, 7) is 0. The maximum absolute atomic E-state index is 11.6. The topological polar surface area (TPSA) is 69.4 Å². The molecule has 88 valence electrons. The van der Waals surface area contributed by atoms with Crippen LogP contribution in [-0.4, -0.2) is 18.0 Å². The molecule has 0 bridgehead atoms. The Labute approximate surface area is 97.9 Å². The summed E-state index contributed by atoms with van der Waals surface area (Å²) in [5.41, 5.74) is 2.28. The number of nitro groups is 1. The van der Waals surface area contributed by atoms with Gasteiger partial charge in [-0.25, -0.2) is 4.79 Å². The van der Waals surface area contributed by atoms with E-state index in [-0.39, 0.29) is 11.7 Å². The zero-order chi connectivity index (χ0) is 12.4. The number of nitro benzene ring substituents is 1. The van der Waals surface area contributed by atoms with Gasteiger partial charge in [0.2, 0.25) is 0 Å². The standard InChI is InChI=1S/C12H11NO4/c1-17-12(14)11(8-2-3-8)9-4-6-10(7-5-9)13(15)16/h4-7H,2-3H2,1H3. The van der Waals surface area contributed by atoms with Gasteiger partial charge in [0.25, 0.3) is 5.69 Å². The number of carbonyl (C=O) groups is 1. The Morgan fingerprint density at radius 1 is 1.29 bits per heavy atom. The molecule has 1 aliphatic carbocycles. The van der Waals surface area contributed by atoms with E-state index >= 15 is 0 Å². The zero-order valence-electron chi connectivity index (χ0n) is 9.30. The summed E-state index contributed by atoms with van der Waals surface area (Å²) >= 11 is 0. The van der Waals surface area contributed by atoms with Crippen molar-refractivity contribution < 1.29 is 14.5 Å². The molecule has 0 saturated heterocycles. The Hall–Kier alpha value is -2.17. The molecular weight excluding hydrogens is 222 g/mol.